The van der Waals surface area contributed by atoms with E-state index in [0.29, 0.717) is 43.4 Å². The maximum atomic E-state index is 12.4. The Balaban J connectivity index is 1.38. The number of hydrogen-bond donors (Lipinski definition) is 0. The van der Waals surface area contributed by atoms with Crippen LogP contribution in [-0.4, -0.2) is 55.4 Å². The number of aromatic nitrogens is 2. The minimum atomic E-state index is 0.0576. The monoisotopic (exact) mass is 425 g/mol. The summed E-state index contributed by atoms with van der Waals surface area (Å²) in [6.45, 7) is 0.948. The number of amides is 1. The summed E-state index contributed by atoms with van der Waals surface area (Å²) in [5.41, 5.74) is 1.91. The van der Waals surface area contributed by atoms with Gasteiger partial charge >= 0.3 is 6.01 Å². The van der Waals surface area contributed by atoms with Crippen molar-refractivity contribution in [2.24, 2.45) is 0 Å². The van der Waals surface area contributed by atoms with Crippen molar-refractivity contribution in [3.8, 4) is 29.0 Å². The van der Waals surface area contributed by atoms with E-state index in [0.717, 1.165) is 17.5 Å². The van der Waals surface area contributed by atoms with Crippen molar-refractivity contribution in [3.63, 3.8) is 0 Å². The van der Waals surface area contributed by atoms with Crippen LogP contribution in [0, 0.1) is 0 Å². The first-order chi connectivity index (χ1) is 15.1. The lowest BCUT2D eigenvalue weighted by molar-refractivity contribution is -0.130. The second kappa shape index (κ2) is 11.0. The number of methoxy groups -OCH3 is 2. The fraction of sp³-hybridized carbons (Fsp3) is 0.348. The summed E-state index contributed by atoms with van der Waals surface area (Å²) < 4.78 is 21.3. The van der Waals surface area contributed by atoms with Crippen LogP contribution in [0.2, 0.25) is 0 Å². The van der Waals surface area contributed by atoms with Crippen molar-refractivity contribution in [1.29, 1.82) is 0 Å². The number of likely N-dealkylation sites (N-methyl/N-ethyl adjacent to an activating group) is 1. The van der Waals surface area contributed by atoms with Gasteiger partial charge in [-0.2, -0.15) is 4.98 Å². The molecule has 3 aromatic rings. The van der Waals surface area contributed by atoms with Gasteiger partial charge in [0.2, 0.25) is 5.91 Å². The summed E-state index contributed by atoms with van der Waals surface area (Å²) >= 11 is 0. The second-order valence-corrected chi connectivity index (χ2v) is 6.95. The Bertz CT molecular complexity index is 974. The SMILES string of the molecule is COc1ccc(CCN(C)C(=O)CCCOc2noc(-c3ccccc3)n2)cc1OC. The number of nitrogens with zero attached hydrogens (tertiary/aromatic N) is 3. The molecule has 0 aliphatic carbocycles. The number of benzene rings is 2. The van der Waals surface area contributed by atoms with Crippen LogP contribution < -0.4 is 14.2 Å². The van der Waals surface area contributed by atoms with Crippen molar-refractivity contribution in [2.45, 2.75) is 19.3 Å². The first-order valence-corrected chi connectivity index (χ1v) is 10.1. The lowest BCUT2D eigenvalue weighted by Gasteiger charge is -2.17. The molecule has 0 saturated carbocycles. The number of carbonyl (C=O) groups is 1. The van der Waals surface area contributed by atoms with Gasteiger partial charge in [0.05, 0.1) is 20.8 Å². The number of rotatable bonds is 11. The van der Waals surface area contributed by atoms with E-state index in [-0.39, 0.29) is 11.9 Å². The zero-order valence-electron chi connectivity index (χ0n) is 18.0. The molecule has 1 amide bonds. The van der Waals surface area contributed by atoms with Gasteiger partial charge in [-0.1, -0.05) is 24.3 Å². The lowest BCUT2D eigenvalue weighted by Crippen LogP contribution is -2.28. The zero-order chi connectivity index (χ0) is 22.1. The number of hydrogen-bond acceptors (Lipinski definition) is 7. The molecule has 1 heterocycles. The minimum absolute atomic E-state index is 0.0576. The third-order valence-electron chi connectivity index (χ3n) is 4.80. The highest BCUT2D eigenvalue weighted by atomic mass is 16.6. The van der Waals surface area contributed by atoms with E-state index in [1.165, 1.54) is 0 Å². The maximum absolute atomic E-state index is 12.4. The molecular weight excluding hydrogens is 398 g/mol. The topological polar surface area (TPSA) is 86.9 Å². The first kappa shape index (κ1) is 22.1. The summed E-state index contributed by atoms with van der Waals surface area (Å²) in [7, 11) is 5.01. The minimum Gasteiger partial charge on any atom is -0.493 e. The van der Waals surface area contributed by atoms with Crippen LogP contribution in [0.25, 0.3) is 11.5 Å². The molecule has 2 aromatic carbocycles. The normalized spacial score (nSPS) is 10.5. The van der Waals surface area contributed by atoms with Crippen molar-refractivity contribution in [3.05, 3.63) is 54.1 Å². The predicted octanol–water partition coefficient (Wildman–Crippen LogP) is 3.61. The Hall–Kier alpha value is -3.55. The van der Waals surface area contributed by atoms with Gasteiger partial charge in [0.25, 0.3) is 5.89 Å². The summed E-state index contributed by atoms with van der Waals surface area (Å²) in [4.78, 5) is 18.3. The Labute approximate surface area is 181 Å². The fourth-order valence-corrected chi connectivity index (χ4v) is 3.00. The Kier molecular flexibility index (Phi) is 7.86. The van der Waals surface area contributed by atoms with Gasteiger partial charge in [-0.3, -0.25) is 4.79 Å². The van der Waals surface area contributed by atoms with Crippen molar-refractivity contribution in [2.75, 3.05) is 34.4 Å². The summed E-state index contributed by atoms with van der Waals surface area (Å²) in [5.74, 6) is 1.83. The third-order valence-corrected chi connectivity index (χ3v) is 4.80. The van der Waals surface area contributed by atoms with E-state index in [1.54, 1.807) is 26.2 Å². The molecule has 8 heteroatoms. The molecule has 0 atom stereocenters. The van der Waals surface area contributed by atoms with Crippen LogP contribution in [0.3, 0.4) is 0 Å². The average molecular weight is 425 g/mol. The molecule has 0 saturated heterocycles. The largest absolute Gasteiger partial charge is 0.493 e. The molecule has 0 aliphatic rings. The number of ether oxygens (including phenoxy) is 3. The Morgan fingerprint density at radius 1 is 1.06 bits per heavy atom. The van der Waals surface area contributed by atoms with Crippen LogP contribution in [0.1, 0.15) is 18.4 Å². The van der Waals surface area contributed by atoms with E-state index in [2.05, 4.69) is 10.1 Å². The van der Waals surface area contributed by atoms with Gasteiger partial charge in [0, 0.05) is 25.6 Å². The first-order valence-electron chi connectivity index (χ1n) is 10.1. The molecule has 0 unspecified atom stereocenters. The van der Waals surface area contributed by atoms with Crippen LogP contribution in [-0.2, 0) is 11.2 Å². The molecule has 0 aliphatic heterocycles. The highest BCUT2D eigenvalue weighted by Gasteiger charge is 2.12. The van der Waals surface area contributed by atoms with Gasteiger partial charge in [0.15, 0.2) is 11.5 Å². The smallest absolute Gasteiger partial charge is 0.354 e. The van der Waals surface area contributed by atoms with E-state index in [4.69, 9.17) is 18.7 Å². The lowest BCUT2D eigenvalue weighted by atomic mass is 10.1. The molecule has 3 rings (SSSR count). The summed E-state index contributed by atoms with van der Waals surface area (Å²) in [6.07, 6.45) is 1.67. The van der Waals surface area contributed by atoms with Gasteiger partial charge in [-0.05, 0) is 47.8 Å². The number of carbonyl (C=O) groups excluding carboxylic acids is 1. The molecule has 0 radical (unpaired) electrons. The van der Waals surface area contributed by atoms with Crippen LogP contribution in [0.5, 0.6) is 17.5 Å². The zero-order valence-corrected chi connectivity index (χ0v) is 18.0. The van der Waals surface area contributed by atoms with E-state index < -0.39 is 0 Å². The van der Waals surface area contributed by atoms with Gasteiger partial charge < -0.3 is 23.6 Å². The molecule has 8 nitrogen and oxygen atoms in total. The van der Waals surface area contributed by atoms with Crippen LogP contribution >= 0.6 is 0 Å². The van der Waals surface area contributed by atoms with E-state index >= 15 is 0 Å². The van der Waals surface area contributed by atoms with Gasteiger partial charge in [0.1, 0.15) is 0 Å². The Morgan fingerprint density at radius 3 is 2.58 bits per heavy atom. The molecule has 0 bridgehead atoms. The third kappa shape index (κ3) is 6.21. The molecule has 31 heavy (non-hydrogen) atoms. The standard InChI is InChI=1S/C23H27N3O5/c1-26(14-13-17-11-12-19(28-2)20(16-17)29-3)21(27)10-7-15-30-23-24-22(31-25-23)18-8-5-4-6-9-18/h4-6,8-9,11-12,16H,7,10,13-15H2,1-3H3. The fourth-order valence-electron chi connectivity index (χ4n) is 3.00. The molecule has 0 N–H and O–H groups in total. The van der Waals surface area contributed by atoms with Crippen molar-refractivity contribution < 1.29 is 23.5 Å². The Morgan fingerprint density at radius 2 is 1.84 bits per heavy atom. The quantitative estimate of drug-likeness (QED) is 0.434. The molecular formula is C23H27N3O5. The molecule has 0 spiro atoms. The van der Waals surface area contributed by atoms with E-state index in [9.17, 15) is 4.79 Å². The van der Waals surface area contributed by atoms with Gasteiger partial charge in [-0.15, -0.1) is 0 Å². The average Bonchev–Trinajstić information content (AvgIpc) is 3.29. The van der Waals surface area contributed by atoms with Crippen molar-refractivity contribution in [1.82, 2.24) is 15.0 Å². The second-order valence-electron chi connectivity index (χ2n) is 6.95. The molecule has 0 fully saturated rings. The predicted molar refractivity (Wildman–Crippen MR) is 115 cm³/mol. The van der Waals surface area contributed by atoms with Crippen LogP contribution in [0.4, 0.5) is 0 Å². The van der Waals surface area contributed by atoms with Crippen LogP contribution in [0.15, 0.2) is 53.1 Å². The summed E-state index contributed by atoms with van der Waals surface area (Å²) in [6, 6.07) is 15.4. The van der Waals surface area contributed by atoms with Gasteiger partial charge in [-0.25, -0.2) is 0 Å². The summed E-state index contributed by atoms with van der Waals surface area (Å²) in [5, 5.41) is 3.81. The van der Waals surface area contributed by atoms with Crippen molar-refractivity contribution >= 4 is 5.91 Å². The molecule has 164 valence electrons. The van der Waals surface area contributed by atoms with E-state index in [1.807, 2.05) is 48.5 Å². The molecule has 1 aromatic heterocycles. The highest BCUT2D eigenvalue weighted by molar-refractivity contribution is 5.75. The highest BCUT2D eigenvalue weighted by Crippen LogP contribution is 2.27. The maximum Gasteiger partial charge on any atom is 0.354 e.